The Labute approximate surface area is 157 Å². The minimum atomic E-state index is -0.520. The Morgan fingerprint density at radius 1 is 1.28 bits per heavy atom. The number of rotatable bonds is 1. The molecule has 2 aliphatic heterocycles. The van der Waals surface area contributed by atoms with Crippen LogP contribution in [-0.2, 0) is 9.59 Å². The number of nitrogens with one attached hydrogen (secondary N) is 2. The molecule has 1 aromatic carbocycles. The zero-order chi connectivity index (χ0) is 18.5. The first-order valence-electron chi connectivity index (χ1n) is 8.06. The Hall–Kier alpha value is -1.92. The normalized spacial score (nSPS) is 22.3. The van der Waals surface area contributed by atoms with Gasteiger partial charge in [-0.25, -0.2) is 0 Å². The molecule has 132 valence electrons. The van der Waals surface area contributed by atoms with E-state index in [-0.39, 0.29) is 16.2 Å². The van der Waals surface area contributed by atoms with Gasteiger partial charge in [0.05, 0.1) is 0 Å². The van der Waals surface area contributed by atoms with Gasteiger partial charge in [0.15, 0.2) is 5.11 Å². The van der Waals surface area contributed by atoms with Crippen LogP contribution in [0.1, 0.15) is 44.2 Å². The highest BCUT2D eigenvalue weighted by atomic mass is 35.5. The smallest absolute Gasteiger partial charge is 0.263 e. The van der Waals surface area contributed by atoms with E-state index < -0.39 is 11.8 Å². The van der Waals surface area contributed by atoms with Gasteiger partial charge in [-0.05, 0) is 67.7 Å². The molecule has 0 radical (unpaired) electrons. The van der Waals surface area contributed by atoms with E-state index in [1.165, 1.54) is 6.08 Å². The van der Waals surface area contributed by atoms with Crippen molar-refractivity contribution >= 4 is 52.5 Å². The van der Waals surface area contributed by atoms with Crippen LogP contribution in [0.15, 0.2) is 17.7 Å². The molecule has 0 unspecified atom stereocenters. The van der Waals surface area contributed by atoms with Gasteiger partial charge in [-0.1, -0.05) is 18.5 Å². The second kappa shape index (κ2) is 6.11. The largest absolute Gasteiger partial charge is 0.369 e. The Balaban J connectivity index is 2.07. The van der Waals surface area contributed by atoms with Crippen molar-refractivity contribution in [2.75, 3.05) is 11.9 Å². The van der Waals surface area contributed by atoms with Crippen LogP contribution in [0.5, 0.6) is 0 Å². The maximum absolute atomic E-state index is 12.0. The third-order valence-corrected chi connectivity index (χ3v) is 5.53. The van der Waals surface area contributed by atoms with Crippen molar-refractivity contribution in [1.82, 2.24) is 10.6 Å². The lowest BCUT2D eigenvalue weighted by Crippen LogP contribution is -2.51. The van der Waals surface area contributed by atoms with E-state index in [1.807, 2.05) is 12.1 Å². The number of carbonyl (C=O) groups excluding carboxylic acids is 2. The fourth-order valence-electron chi connectivity index (χ4n) is 3.48. The second-order valence-electron chi connectivity index (χ2n) is 7.20. The van der Waals surface area contributed by atoms with Crippen molar-refractivity contribution in [2.45, 2.75) is 38.6 Å². The van der Waals surface area contributed by atoms with Crippen LogP contribution < -0.4 is 15.5 Å². The molecule has 2 N–H and O–H groups in total. The molecule has 5 nitrogen and oxygen atoms in total. The molecule has 2 heterocycles. The molecule has 0 aromatic heterocycles. The summed E-state index contributed by atoms with van der Waals surface area (Å²) in [6.07, 6.45) is 2.52. The number of amides is 2. The quantitative estimate of drug-likeness (QED) is 0.448. The zero-order valence-electron chi connectivity index (χ0n) is 14.6. The molecule has 3 rings (SSSR count). The molecule has 0 aliphatic carbocycles. The molecule has 1 atom stereocenters. The topological polar surface area (TPSA) is 61.4 Å². The van der Waals surface area contributed by atoms with Gasteiger partial charge < -0.3 is 4.90 Å². The van der Waals surface area contributed by atoms with Crippen LogP contribution in [0, 0.1) is 0 Å². The van der Waals surface area contributed by atoms with E-state index in [2.05, 4.69) is 43.4 Å². The monoisotopic (exact) mass is 377 g/mol. The molecule has 0 saturated carbocycles. The summed E-state index contributed by atoms with van der Waals surface area (Å²) in [5, 5.41) is 5.37. The van der Waals surface area contributed by atoms with Crippen molar-refractivity contribution in [3.8, 4) is 0 Å². The van der Waals surface area contributed by atoms with Crippen LogP contribution in [0.25, 0.3) is 6.08 Å². The Bertz CT molecular complexity index is 810. The lowest BCUT2D eigenvalue weighted by Gasteiger charge is -2.45. The molecule has 2 aliphatic rings. The minimum Gasteiger partial charge on any atom is -0.369 e. The Morgan fingerprint density at radius 2 is 1.88 bits per heavy atom. The average Bonchev–Trinajstić information content (AvgIpc) is 2.49. The van der Waals surface area contributed by atoms with E-state index in [4.69, 9.17) is 23.8 Å². The maximum atomic E-state index is 12.0. The summed E-state index contributed by atoms with van der Waals surface area (Å²) in [5.41, 5.74) is 2.91. The number of carbonyl (C=O) groups is 2. The van der Waals surface area contributed by atoms with Crippen molar-refractivity contribution in [2.24, 2.45) is 0 Å². The van der Waals surface area contributed by atoms with E-state index in [9.17, 15) is 9.59 Å². The van der Waals surface area contributed by atoms with Crippen LogP contribution in [0.3, 0.4) is 0 Å². The number of halogens is 1. The fraction of sp³-hybridized carbons (Fsp3) is 0.389. The molecule has 1 fully saturated rings. The summed E-state index contributed by atoms with van der Waals surface area (Å²) in [5.74, 6) is -0.695. The highest BCUT2D eigenvalue weighted by Gasteiger charge is 2.35. The second-order valence-corrected chi connectivity index (χ2v) is 8.02. The summed E-state index contributed by atoms with van der Waals surface area (Å²) >= 11 is 11.3. The fourth-order valence-corrected chi connectivity index (χ4v) is 3.87. The minimum absolute atomic E-state index is 0.00685. The van der Waals surface area contributed by atoms with Gasteiger partial charge in [0, 0.05) is 23.3 Å². The summed E-state index contributed by atoms with van der Waals surface area (Å²) in [6.45, 7) is 6.59. The first kappa shape index (κ1) is 17.9. The van der Waals surface area contributed by atoms with Gasteiger partial charge in [-0.2, -0.15) is 0 Å². The van der Waals surface area contributed by atoms with Gasteiger partial charge in [0.2, 0.25) is 0 Å². The average molecular weight is 378 g/mol. The number of thiocarbonyl (C=S) groups is 1. The highest BCUT2D eigenvalue weighted by Crippen LogP contribution is 2.44. The van der Waals surface area contributed by atoms with Gasteiger partial charge >= 0.3 is 0 Å². The third kappa shape index (κ3) is 3.16. The molecule has 1 aromatic rings. The van der Waals surface area contributed by atoms with Gasteiger partial charge in [-0.3, -0.25) is 20.2 Å². The summed E-state index contributed by atoms with van der Waals surface area (Å²) in [6, 6.07) is 3.87. The summed E-state index contributed by atoms with van der Waals surface area (Å²) in [7, 11) is 2.06. The number of fused-ring (bicyclic) bond motifs is 1. The molecule has 7 heteroatoms. The number of anilines is 1. The Morgan fingerprint density at radius 3 is 2.48 bits per heavy atom. The highest BCUT2D eigenvalue weighted by molar-refractivity contribution is 7.80. The lowest BCUT2D eigenvalue weighted by molar-refractivity contribution is -0.123. The molecule has 0 bridgehead atoms. The standard InChI is InChI=1S/C18H20ClN3O2S/c1-9-8-18(2,3)22(4)14-7-13(19)10(5-11(9)14)6-12-15(23)20-17(25)21-16(12)24/h5-7,9H,8H2,1-4H3,(H2,20,21,23,24,25)/t9-/m0/s1. The van der Waals surface area contributed by atoms with Crippen molar-refractivity contribution in [1.29, 1.82) is 0 Å². The molecule has 2 amide bonds. The number of hydrogen-bond acceptors (Lipinski definition) is 4. The van der Waals surface area contributed by atoms with Gasteiger partial charge in [0.1, 0.15) is 5.57 Å². The molecule has 0 spiro atoms. The lowest BCUT2D eigenvalue weighted by atomic mass is 9.80. The van der Waals surface area contributed by atoms with Crippen LogP contribution in [0.4, 0.5) is 5.69 Å². The van der Waals surface area contributed by atoms with E-state index in [0.29, 0.717) is 16.5 Å². The number of benzene rings is 1. The summed E-state index contributed by atoms with van der Waals surface area (Å²) < 4.78 is 0. The number of hydrogen-bond donors (Lipinski definition) is 2. The SMILES string of the molecule is C[C@H]1CC(C)(C)N(C)c2cc(Cl)c(C=C3C(=O)NC(=S)NC3=O)cc21. The van der Waals surface area contributed by atoms with Crippen LogP contribution in [-0.4, -0.2) is 29.5 Å². The predicted octanol–water partition coefficient (Wildman–Crippen LogP) is 2.98. The van der Waals surface area contributed by atoms with E-state index >= 15 is 0 Å². The van der Waals surface area contributed by atoms with Gasteiger partial charge in [0.25, 0.3) is 11.8 Å². The molecule has 25 heavy (non-hydrogen) atoms. The molecule has 1 saturated heterocycles. The van der Waals surface area contributed by atoms with Crippen molar-refractivity contribution in [3.63, 3.8) is 0 Å². The van der Waals surface area contributed by atoms with Crippen molar-refractivity contribution < 1.29 is 9.59 Å². The summed E-state index contributed by atoms with van der Waals surface area (Å²) in [4.78, 5) is 26.3. The first-order valence-corrected chi connectivity index (χ1v) is 8.84. The van der Waals surface area contributed by atoms with Crippen molar-refractivity contribution in [3.05, 3.63) is 33.9 Å². The predicted molar refractivity (Wildman–Crippen MR) is 104 cm³/mol. The van der Waals surface area contributed by atoms with E-state index in [0.717, 1.165) is 17.7 Å². The first-order chi connectivity index (χ1) is 11.6. The zero-order valence-corrected chi connectivity index (χ0v) is 16.1. The third-order valence-electron chi connectivity index (χ3n) is 5.00. The van der Waals surface area contributed by atoms with E-state index in [1.54, 1.807) is 0 Å². The number of nitrogens with zero attached hydrogens (tertiary/aromatic N) is 1. The van der Waals surface area contributed by atoms with Gasteiger partial charge in [-0.15, -0.1) is 0 Å². The molecular weight excluding hydrogens is 358 g/mol. The van der Waals surface area contributed by atoms with Crippen LogP contribution in [0.2, 0.25) is 5.02 Å². The Kier molecular flexibility index (Phi) is 4.37. The van der Waals surface area contributed by atoms with Crippen LogP contribution >= 0.6 is 23.8 Å². The maximum Gasteiger partial charge on any atom is 0.263 e. The molecular formula is C18H20ClN3O2S.